The number of hydrogen-bond acceptors (Lipinski definition) is 7. The lowest BCUT2D eigenvalue weighted by Gasteiger charge is -2.13. The van der Waals surface area contributed by atoms with Crippen molar-refractivity contribution >= 4 is 28.0 Å². The van der Waals surface area contributed by atoms with Crippen molar-refractivity contribution in [1.29, 1.82) is 0 Å². The second-order valence-corrected chi connectivity index (χ2v) is 6.39. The first-order chi connectivity index (χ1) is 11.7. The number of carbonyl (C=O) groups excluding carboxylic acids is 3. The van der Waals surface area contributed by atoms with Gasteiger partial charge >= 0.3 is 12.1 Å². The van der Waals surface area contributed by atoms with Gasteiger partial charge in [-0.15, -0.1) is 0 Å². The van der Waals surface area contributed by atoms with Crippen molar-refractivity contribution in [2.45, 2.75) is 24.8 Å². The van der Waals surface area contributed by atoms with E-state index >= 15 is 0 Å². The maximum Gasteiger partial charge on any atom is 0.413 e. The Morgan fingerprint density at radius 1 is 1.16 bits per heavy atom. The normalized spacial score (nSPS) is 12.1. The highest BCUT2D eigenvalue weighted by molar-refractivity contribution is 7.89. The average molecular weight is 376 g/mol. The zero-order chi connectivity index (χ0) is 19.0. The van der Waals surface area contributed by atoms with Crippen LogP contribution in [0.2, 0.25) is 0 Å². The van der Waals surface area contributed by atoms with Crippen molar-refractivity contribution < 1.29 is 36.7 Å². The van der Waals surface area contributed by atoms with Crippen LogP contribution in [-0.4, -0.2) is 45.6 Å². The monoisotopic (exact) mass is 376 g/mol. The number of rotatable bonds is 7. The van der Waals surface area contributed by atoms with Gasteiger partial charge in [0.2, 0.25) is 10.0 Å². The highest BCUT2D eigenvalue weighted by atomic mass is 32.2. The molecule has 0 fully saturated rings. The quantitative estimate of drug-likeness (QED) is 0.655. The fraction of sp³-hybridized carbons (Fsp3) is 0.357. The Bertz CT molecular complexity index is 734. The summed E-state index contributed by atoms with van der Waals surface area (Å²) < 4.78 is 48.0. The first-order valence-corrected chi connectivity index (χ1v) is 8.55. The number of esters is 1. The summed E-state index contributed by atoms with van der Waals surface area (Å²) in [6.07, 6.45) is -0.992. The van der Waals surface area contributed by atoms with E-state index in [0.29, 0.717) is 0 Å². The van der Waals surface area contributed by atoms with Crippen LogP contribution in [0.15, 0.2) is 29.2 Å². The summed E-state index contributed by atoms with van der Waals surface area (Å²) in [7, 11) is -4.08. The lowest BCUT2D eigenvalue weighted by atomic mass is 10.4. The molecule has 0 aliphatic carbocycles. The molecule has 0 aromatic heterocycles. The summed E-state index contributed by atoms with van der Waals surface area (Å²) in [6, 6.07) is 2.66. The molecule has 0 bridgehead atoms. The second-order valence-electron chi connectivity index (χ2n) is 4.67. The Hall–Kier alpha value is -2.53. The van der Waals surface area contributed by atoms with E-state index in [1.165, 1.54) is 6.92 Å². The number of amides is 2. The van der Waals surface area contributed by atoms with Gasteiger partial charge in [-0.1, -0.05) is 0 Å². The Morgan fingerprint density at radius 3 is 2.32 bits per heavy atom. The zero-order valence-corrected chi connectivity index (χ0v) is 14.3. The molecule has 0 aliphatic rings. The van der Waals surface area contributed by atoms with Crippen LogP contribution >= 0.6 is 0 Å². The molecule has 0 unspecified atom stereocenters. The number of carbonyl (C=O) groups is 3. The Kier molecular flexibility index (Phi) is 7.45. The molecular formula is C14H17FN2O7S. The lowest BCUT2D eigenvalue weighted by molar-refractivity contribution is -0.149. The standard InChI is InChI=1S/C14H17FN2O7S/c1-3-23-14(20)16-12(18)8-24-13(19)9(2)17-25(21,22)11-6-4-10(15)5-7-11/h4-7,9,17H,3,8H2,1-2H3,(H,16,18,20)/t9-/m0/s1. The molecular weight excluding hydrogens is 359 g/mol. The summed E-state index contributed by atoms with van der Waals surface area (Å²) in [5.41, 5.74) is 0. The van der Waals surface area contributed by atoms with Gasteiger partial charge < -0.3 is 9.47 Å². The number of nitrogens with one attached hydrogen (secondary N) is 2. The maximum absolute atomic E-state index is 12.8. The van der Waals surface area contributed by atoms with E-state index in [9.17, 15) is 27.2 Å². The van der Waals surface area contributed by atoms with Gasteiger partial charge in [-0.05, 0) is 38.1 Å². The van der Waals surface area contributed by atoms with E-state index in [0.717, 1.165) is 24.3 Å². The Labute approximate surface area is 143 Å². The first-order valence-electron chi connectivity index (χ1n) is 7.07. The molecule has 138 valence electrons. The molecule has 1 rings (SSSR count). The van der Waals surface area contributed by atoms with Crippen molar-refractivity contribution in [1.82, 2.24) is 10.0 Å². The molecule has 0 saturated carbocycles. The van der Waals surface area contributed by atoms with Crippen molar-refractivity contribution in [2.75, 3.05) is 13.2 Å². The van der Waals surface area contributed by atoms with Crippen LogP contribution in [0.25, 0.3) is 0 Å². The molecule has 2 amide bonds. The predicted molar refractivity (Wildman–Crippen MR) is 82.3 cm³/mol. The van der Waals surface area contributed by atoms with Gasteiger partial charge in [0.05, 0.1) is 11.5 Å². The molecule has 0 aliphatic heterocycles. The SMILES string of the molecule is CCOC(=O)NC(=O)COC(=O)[C@H](C)NS(=O)(=O)c1ccc(F)cc1. The van der Waals surface area contributed by atoms with Crippen molar-refractivity contribution in [3.63, 3.8) is 0 Å². The van der Waals surface area contributed by atoms with Crippen LogP contribution < -0.4 is 10.0 Å². The van der Waals surface area contributed by atoms with Crippen molar-refractivity contribution in [3.8, 4) is 0 Å². The Balaban J connectivity index is 2.55. The highest BCUT2D eigenvalue weighted by Gasteiger charge is 2.24. The minimum absolute atomic E-state index is 0.0566. The van der Waals surface area contributed by atoms with Gasteiger partial charge in [-0.2, -0.15) is 4.72 Å². The second kappa shape index (κ2) is 9.08. The number of hydrogen-bond donors (Lipinski definition) is 2. The number of alkyl carbamates (subject to hydrolysis) is 1. The molecule has 25 heavy (non-hydrogen) atoms. The van der Waals surface area contributed by atoms with Crippen LogP contribution in [-0.2, 0) is 29.1 Å². The number of ether oxygens (including phenoxy) is 2. The third-order valence-electron chi connectivity index (χ3n) is 2.67. The van der Waals surface area contributed by atoms with Gasteiger partial charge in [0, 0.05) is 0 Å². The lowest BCUT2D eigenvalue weighted by Crippen LogP contribution is -2.41. The number of sulfonamides is 1. The maximum atomic E-state index is 12.8. The topological polar surface area (TPSA) is 128 Å². The van der Waals surface area contributed by atoms with E-state index in [4.69, 9.17) is 0 Å². The molecule has 0 spiro atoms. The highest BCUT2D eigenvalue weighted by Crippen LogP contribution is 2.10. The average Bonchev–Trinajstić information content (AvgIpc) is 2.52. The minimum atomic E-state index is -4.08. The molecule has 0 heterocycles. The van der Waals surface area contributed by atoms with Crippen LogP contribution in [0.3, 0.4) is 0 Å². The summed E-state index contributed by atoms with van der Waals surface area (Å²) in [5.74, 6) is -2.58. The number of imide groups is 1. The Morgan fingerprint density at radius 2 is 1.76 bits per heavy atom. The molecule has 1 aromatic rings. The third kappa shape index (κ3) is 6.85. The van der Waals surface area contributed by atoms with Gasteiger partial charge in [0.15, 0.2) is 6.61 Å². The first kappa shape index (κ1) is 20.5. The van der Waals surface area contributed by atoms with Crippen LogP contribution in [0.1, 0.15) is 13.8 Å². The minimum Gasteiger partial charge on any atom is -0.454 e. The number of benzene rings is 1. The molecule has 1 aromatic carbocycles. The molecule has 9 nitrogen and oxygen atoms in total. The van der Waals surface area contributed by atoms with Crippen LogP contribution in [0.5, 0.6) is 0 Å². The zero-order valence-electron chi connectivity index (χ0n) is 13.4. The van der Waals surface area contributed by atoms with Gasteiger partial charge in [-0.25, -0.2) is 17.6 Å². The van der Waals surface area contributed by atoms with Gasteiger partial charge in [-0.3, -0.25) is 14.9 Å². The van der Waals surface area contributed by atoms with Gasteiger partial charge in [0.25, 0.3) is 5.91 Å². The molecule has 11 heteroatoms. The van der Waals surface area contributed by atoms with Crippen molar-refractivity contribution in [3.05, 3.63) is 30.1 Å². The van der Waals surface area contributed by atoms with Gasteiger partial charge in [0.1, 0.15) is 11.9 Å². The fourth-order valence-electron chi connectivity index (χ4n) is 1.54. The largest absolute Gasteiger partial charge is 0.454 e. The molecule has 0 saturated heterocycles. The van der Waals surface area contributed by atoms with E-state index in [-0.39, 0.29) is 11.5 Å². The molecule has 0 radical (unpaired) electrons. The van der Waals surface area contributed by atoms with Crippen molar-refractivity contribution in [2.24, 2.45) is 0 Å². The van der Waals surface area contributed by atoms with Crippen LogP contribution in [0.4, 0.5) is 9.18 Å². The van der Waals surface area contributed by atoms with E-state index < -0.39 is 46.5 Å². The third-order valence-corrected chi connectivity index (χ3v) is 4.23. The molecule has 2 N–H and O–H groups in total. The van der Waals surface area contributed by atoms with E-state index in [2.05, 4.69) is 9.47 Å². The van der Waals surface area contributed by atoms with E-state index in [1.54, 1.807) is 12.2 Å². The number of halogens is 1. The summed E-state index contributed by atoms with van der Waals surface area (Å²) in [4.78, 5) is 33.8. The van der Waals surface area contributed by atoms with Crippen LogP contribution in [0, 0.1) is 5.82 Å². The summed E-state index contributed by atoms with van der Waals surface area (Å²) in [5, 5.41) is 1.80. The predicted octanol–water partition coefficient (Wildman–Crippen LogP) is 0.308. The smallest absolute Gasteiger partial charge is 0.413 e. The molecule has 1 atom stereocenters. The summed E-state index contributed by atoms with van der Waals surface area (Å²) >= 11 is 0. The fourth-order valence-corrected chi connectivity index (χ4v) is 2.73. The summed E-state index contributed by atoms with van der Waals surface area (Å²) in [6.45, 7) is 2.01. The van der Waals surface area contributed by atoms with E-state index in [1.807, 2.05) is 4.72 Å².